The highest BCUT2D eigenvalue weighted by Crippen LogP contribution is 2.35. The third-order valence-electron chi connectivity index (χ3n) is 5.72. The fourth-order valence-electron chi connectivity index (χ4n) is 4.01. The minimum Gasteiger partial charge on any atom is -0.493 e. The van der Waals surface area contributed by atoms with Crippen molar-refractivity contribution in [2.45, 2.75) is 64.1 Å². The van der Waals surface area contributed by atoms with Crippen LogP contribution in [0.1, 0.15) is 56.8 Å². The number of aliphatic hydroxyl groups is 1. The number of carbonyl (C=O) groups excluding carboxylic acids is 1. The molecule has 0 bridgehead atoms. The molecule has 3 unspecified atom stereocenters. The second kappa shape index (κ2) is 9.96. The van der Waals surface area contributed by atoms with E-state index in [1.54, 1.807) is 0 Å². The molecular formula is C25H32F2N2O3. The number of benzene rings is 2. The van der Waals surface area contributed by atoms with Crippen LogP contribution in [0, 0.1) is 11.6 Å². The maximum absolute atomic E-state index is 13.6. The van der Waals surface area contributed by atoms with Gasteiger partial charge in [-0.2, -0.15) is 0 Å². The van der Waals surface area contributed by atoms with Crippen molar-refractivity contribution in [2.75, 3.05) is 13.2 Å². The van der Waals surface area contributed by atoms with Gasteiger partial charge in [-0.15, -0.1) is 0 Å². The summed E-state index contributed by atoms with van der Waals surface area (Å²) in [6, 6.07) is 8.70. The predicted octanol–water partition coefficient (Wildman–Crippen LogP) is 3.78. The Kier molecular flexibility index (Phi) is 7.51. The largest absolute Gasteiger partial charge is 0.493 e. The molecule has 1 aliphatic rings. The van der Waals surface area contributed by atoms with Crippen LogP contribution < -0.4 is 15.4 Å². The van der Waals surface area contributed by atoms with E-state index in [-0.39, 0.29) is 30.3 Å². The molecular weight excluding hydrogens is 414 g/mol. The number of ether oxygens (including phenoxy) is 1. The van der Waals surface area contributed by atoms with E-state index in [0.29, 0.717) is 12.2 Å². The maximum Gasteiger partial charge on any atom is 0.217 e. The Morgan fingerprint density at radius 3 is 2.50 bits per heavy atom. The molecule has 3 rings (SSSR count). The van der Waals surface area contributed by atoms with Crippen LogP contribution in [0.25, 0.3) is 0 Å². The molecule has 5 nitrogen and oxygen atoms in total. The van der Waals surface area contributed by atoms with Gasteiger partial charge < -0.3 is 20.5 Å². The van der Waals surface area contributed by atoms with Gasteiger partial charge in [-0.3, -0.25) is 4.79 Å². The molecule has 0 spiro atoms. The Bertz CT molecular complexity index is 938. The van der Waals surface area contributed by atoms with Crippen molar-refractivity contribution < 1.29 is 23.4 Å². The number of amides is 1. The quantitative estimate of drug-likeness (QED) is 0.605. The summed E-state index contributed by atoms with van der Waals surface area (Å²) in [5, 5.41) is 16.9. The van der Waals surface area contributed by atoms with Gasteiger partial charge in [0.05, 0.1) is 18.8 Å². The lowest BCUT2D eigenvalue weighted by Gasteiger charge is -2.31. The third kappa shape index (κ3) is 6.26. The predicted molar refractivity (Wildman–Crippen MR) is 120 cm³/mol. The molecule has 0 saturated heterocycles. The first kappa shape index (κ1) is 24.1. The number of halogens is 2. The molecule has 1 aliphatic heterocycles. The topological polar surface area (TPSA) is 70.6 Å². The lowest BCUT2D eigenvalue weighted by atomic mass is 9.84. The normalized spacial score (nSPS) is 17.8. The van der Waals surface area contributed by atoms with E-state index in [9.17, 15) is 18.7 Å². The van der Waals surface area contributed by atoms with Crippen molar-refractivity contribution >= 4 is 5.91 Å². The molecule has 3 N–H and O–H groups in total. The summed E-state index contributed by atoms with van der Waals surface area (Å²) in [4.78, 5) is 11.7. The van der Waals surface area contributed by atoms with Crippen LogP contribution in [0.5, 0.6) is 5.75 Å². The van der Waals surface area contributed by atoms with Crippen molar-refractivity contribution in [3.05, 3.63) is 64.7 Å². The average Bonchev–Trinajstić information content (AvgIpc) is 2.69. The van der Waals surface area contributed by atoms with Gasteiger partial charge in [-0.05, 0) is 47.2 Å². The van der Waals surface area contributed by atoms with Gasteiger partial charge in [0.1, 0.15) is 17.4 Å². The number of fused-ring (bicyclic) bond motifs is 1. The number of aliphatic hydroxyl groups excluding tert-OH is 1. The molecule has 0 radical (unpaired) electrons. The number of nitrogens with one attached hydrogen (secondary N) is 2. The van der Waals surface area contributed by atoms with Crippen molar-refractivity contribution in [3.63, 3.8) is 0 Å². The van der Waals surface area contributed by atoms with E-state index in [4.69, 9.17) is 4.74 Å². The van der Waals surface area contributed by atoms with Crippen molar-refractivity contribution in [2.24, 2.45) is 0 Å². The second-order valence-corrected chi connectivity index (χ2v) is 9.46. The van der Waals surface area contributed by atoms with Crippen LogP contribution in [-0.4, -0.2) is 36.3 Å². The lowest BCUT2D eigenvalue weighted by Crippen LogP contribution is -2.48. The number of rotatable bonds is 7. The molecule has 2 aromatic carbocycles. The van der Waals surface area contributed by atoms with Gasteiger partial charge in [0, 0.05) is 37.6 Å². The van der Waals surface area contributed by atoms with E-state index >= 15 is 0 Å². The zero-order chi connectivity index (χ0) is 23.5. The Morgan fingerprint density at radius 1 is 1.19 bits per heavy atom. The fraction of sp³-hybridized carbons (Fsp3) is 0.480. The van der Waals surface area contributed by atoms with Crippen molar-refractivity contribution in [1.82, 2.24) is 10.6 Å². The Hall–Kier alpha value is -2.51. The van der Waals surface area contributed by atoms with E-state index in [2.05, 4.69) is 43.5 Å². The number of hydrogen-bond donors (Lipinski definition) is 3. The van der Waals surface area contributed by atoms with Crippen molar-refractivity contribution in [1.29, 1.82) is 0 Å². The highest BCUT2D eigenvalue weighted by atomic mass is 19.1. The van der Waals surface area contributed by atoms with E-state index in [1.807, 2.05) is 6.07 Å². The van der Waals surface area contributed by atoms with E-state index in [0.717, 1.165) is 23.8 Å². The van der Waals surface area contributed by atoms with Crippen molar-refractivity contribution in [3.8, 4) is 5.75 Å². The Balaban J connectivity index is 1.72. The molecule has 174 valence electrons. The average molecular weight is 447 g/mol. The molecule has 2 aromatic rings. The zero-order valence-corrected chi connectivity index (χ0v) is 19.0. The van der Waals surface area contributed by atoms with Gasteiger partial charge in [0.25, 0.3) is 0 Å². The molecule has 1 amide bonds. The van der Waals surface area contributed by atoms with Gasteiger partial charge >= 0.3 is 0 Å². The molecule has 3 atom stereocenters. The Morgan fingerprint density at radius 2 is 1.88 bits per heavy atom. The summed E-state index contributed by atoms with van der Waals surface area (Å²) in [5.74, 6) is -0.882. The third-order valence-corrected chi connectivity index (χ3v) is 5.72. The Labute approximate surface area is 188 Å². The first-order valence-electron chi connectivity index (χ1n) is 10.9. The van der Waals surface area contributed by atoms with Crippen LogP contribution in [0.4, 0.5) is 8.78 Å². The molecule has 32 heavy (non-hydrogen) atoms. The standard InChI is InChI=1S/C25H32F2N2O3/c1-15(30)29-22(11-16-9-18(26)13-19(27)10-16)23(31)14-28-21-7-8-32-24-6-5-17(12-20(21)24)25(2,3)4/h5-6,9-10,12-13,21-23,28,31H,7-8,11,14H2,1-4H3,(H,29,30). The summed E-state index contributed by atoms with van der Waals surface area (Å²) < 4.78 is 33.0. The lowest BCUT2D eigenvalue weighted by molar-refractivity contribution is -0.120. The van der Waals surface area contributed by atoms with Crippen LogP contribution in [0.3, 0.4) is 0 Å². The minimum atomic E-state index is -0.956. The van der Waals surface area contributed by atoms with Gasteiger partial charge in [0.15, 0.2) is 0 Å². The highest BCUT2D eigenvalue weighted by molar-refractivity contribution is 5.73. The van der Waals surface area contributed by atoms with E-state index < -0.39 is 23.8 Å². The number of hydrogen-bond acceptors (Lipinski definition) is 4. The monoisotopic (exact) mass is 446 g/mol. The molecule has 1 heterocycles. The van der Waals surface area contributed by atoms with Gasteiger partial charge in [-0.25, -0.2) is 8.78 Å². The van der Waals surface area contributed by atoms with Crippen LogP contribution in [0.15, 0.2) is 36.4 Å². The number of carbonyl (C=O) groups is 1. The summed E-state index contributed by atoms with van der Waals surface area (Å²) in [7, 11) is 0. The smallest absolute Gasteiger partial charge is 0.217 e. The van der Waals surface area contributed by atoms with Crippen LogP contribution in [-0.2, 0) is 16.6 Å². The maximum atomic E-state index is 13.6. The summed E-state index contributed by atoms with van der Waals surface area (Å²) in [6.07, 6.45) is -0.106. The first-order valence-corrected chi connectivity index (χ1v) is 10.9. The highest BCUT2D eigenvalue weighted by Gasteiger charge is 2.27. The molecule has 0 saturated carbocycles. The summed E-state index contributed by atoms with van der Waals surface area (Å²) >= 11 is 0. The fourth-order valence-corrected chi connectivity index (χ4v) is 4.01. The zero-order valence-electron chi connectivity index (χ0n) is 19.0. The van der Waals surface area contributed by atoms with Gasteiger partial charge in [-0.1, -0.05) is 26.8 Å². The van der Waals surface area contributed by atoms with Gasteiger partial charge in [0.2, 0.25) is 5.91 Å². The summed E-state index contributed by atoms with van der Waals surface area (Å²) in [6.45, 7) is 8.57. The van der Waals surface area contributed by atoms with Crippen LogP contribution in [0.2, 0.25) is 0 Å². The van der Waals surface area contributed by atoms with E-state index in [1.165, 1.54) is 24.6 Å². The molecule has 0 aliphatic carbocycles. The SMILES string of the molecule is CC(=O)NC(Cc1cc(F)cc(F)c1)C(O)CNC1CCOc2ccc(C(C)(C)C)cc21. The first-order chi connectivity index (χ1) is 15.0. The molecule has 7 heteroatoms. The second-order valence-electron chi connectivity index (χ2n) is 9.46. The molecule has 0 aromatic heterocycles. The molecule has 0 fully saturated rings. The van der Waals surface area contributed by atoms with Crippen LogP contribution >= 0.6 is 0 Å². The summed E-state index contributed by atoms with van der Waals surface area (Å²) in [5.41, 5.74) is 2.59. The minimum absolute atomic E-state index is 0.00667.